The maximum absolute atomic E-state index is 13.6. The highest BCUT2D eigenvalue weighted by atomic mass is 19.3. The molecular weight excluding hydrogens is 486 g/mol. The van der Waals surface area contributed by atoms with E-state index in [2.05, 4.69) is 45.3 Å². The van der Waals surface area contributed by atoms with Crippen LogP contribution < -0.4 is 10.2 Å². The highest BCUT2D eigenvalue weighted by Gasteiger charge is 2.34. The van der Waals surface area contributed by atoms with Crippen LogP contribution >= 0.6 is 0 Å². The summed E-state index contributed by atoms with van der Waals surface area (Å²) in [6.07, 6.45) is 2.87. The smallest absolute Gasteiger partial charge is 0.251 e. The average molecular weight is 515 g/mol. The molecule has 0 aliphatic carbocycles. The van der Waals surface area contributed by atoms with Crippen LogP contribution in [-0.2, 0) is 7.05 Å². The van der Waals surface area contributed by atoms with Crippen molar-refractivity contribution < 1.29 is 8.78 Å². The van der Waals surface area contributed by atoms with Crippen LogP contribution in [0.2, 0.25) is 0 Å². The summed E-state index contributed by atoms with van der Waals surface area (Å²) < 4.78 is 29.2. The topological polar surface area (TPSA) is 84.7 Å². The third-order valence-corrected chi connectivity index (χ3v) is 7.04. The van der Waals surface area contributed by atoms with E-state index in [-0.39, 0.29) is 25.9 Å². The largest absolute Gasteiger partial charge is 0.356 e. The Morgan fingerprint density at radius 3 is 2.53 bits per heavy atom. The van der Waals surface area contributed by atoms with Gasteiger partial charge in [-0.15, -0.1) is 0 Å². The highest BCUT2D eigenvalue weighted by Crippen LogP contribution is 2.33. The number of fused-ring (bicyclic) bond motifs is 2. The Balaban J connectivity index is 1.27. The second kappa shape index (κ2) is 9.27. The lowest BCUT2D eigenvalue weighted by atomic mass is 10.0. The second-order valence-electron chi connectivity index (χ2n) is 10.1. The lowest BCUT2D eigenvalue weighted by Crippen LogP contribution is -2.39. The summed E-state index contributed by atoms with van der Waals surface area (Å²) in [5.74, 6) is -1.12. The van der Waals surface area contributed by atoms with E-state index in [9.17, 15) is 8.78 Å². The van der Waals surface area contributed by atoms with Gasteiger partial charge in [-0.05, 0) is 42.3 Å². The Labute approximate surface area is 218 Å². The van der Waals surface area contributed by atoms with E-state index in [1.807, 2.05) is 53.0 Å². The summed E-state index contributed by atoms with van der Waals surface area (Å²) in [5.41, 5.74) is 5.43. The van der Waals surface area contributed by atoms with Crippen LogP contribution in [0.1, 0.15) is 38.3 Å². The highest BCUT2D eigenvalue weighted by molar-refractivity contribution is 5.92. The van der Waals surface area contributed by atoms with Gasteiger partial charge in [-0.3, -0.25) is 4.68 Å². The van der Waals surface area contributed by atoms with E-state index >= 15 is 0 Å². The van der Waals surface area contributed by atoms with Crippen LogP contribution in [0.4, 0.5) is 26.2 Å². The first-order chi connectivity index (χ1) is 18.3. The SMILES string of the molecule is CC(C)c1c2cc(-c3ccnc(Nc4ccc5c(N6CCC(F)(F)CC6)ncnc5c4)n3)ccc2nn1C. The number of piperidine rings is 1. The molecule has 0 bridgehead atoms. The standard InChI is InChI=1S/C28H28F2N8/c1-17(2)25-21-14-18(4-7-23(21)36-37(25)3)22-8-11-31-27(35-22)34-19-5-6-20-24(15-19)32-16-33-26(20)38-12-9-28(29,30)10-13-38/h4-8,11,14-17H,9-10,12-13H2,1-3H3,(H,31,34,35). The van der Waals surface area contributed by atoms with Gasteiger partial charge in [0.25, 0.3) is 5.92 Å². The molecule has 1 aliphatic heterocycles. The molecule has 0 amide bonds. The van der Waals surface area contributed by atoms with Gasteiger partial charge in [0.2, 0.25) is 5.95 Å². The molecule has 1 fully saturated rings. The molecule has 0 radical (unpaired) electrons. The molecule has 8 nitrogen and oxygen atoms in total. The van der Waals surface area contributed by atoms with E-state index in [1.54, 1.807) is 6.20 Å². The van der Waals surface area contributed by atoms with E-state index in [1.165, 1.54) is 12.0 Å². The minimum absolute atomic E-state index is 0.168. The zero-order valence-corrected chi connectivity index (χ0v) is 21.5. The lowest BCUT2D eigenvalue weighted by molar-refractivity contribution is -0.0221. The fourth-order valence-electron chi connectivity index (χ4n) is 5.19. The molecular formula is C28H28F2N8. The van der Waals surface area contributed by atoms with Crippen molar-refractivity contribution in [2.24, 2.45) is 7.05 Å². The molecule has 1 saturated heterocycles. The summed E-state index contributed by atoms with van der Waals surface area (Å²) in [6, 6.07) is 13.8. The van der Waals surface area contributed by atoms with Gasteiger partial charge in [-0.25, -0.2) is 28.7 Å². The number of alkyl halides is 2. The molecule has 6 rings (SSSR count). The summed E-state index contributed by atoms with van der Waals surface area (Å²) in [4.78, 5) is 19.9. The van der Waals surface area contributed by atoms with Gasteiger partial charge in [-0.2, -0.15) is 5.10 Å². The fourth-order valence-corrected chi connectivity index (χ4v) is 5.19. The Morgan fingerprint density at radius 1 is 0.921 bits per heavy atom. The zero-order valence-electron chi connectivity index (χ0n) is 21.5. The van der Waals surface area contributed by atoms with E-state index in [4.69, 9.17) is 4.98 Å². The maximum Gasteiger partial charge on any atom is 0.251 e. The van der Waals surface area contributed by atoms with Gasteiger partial charge < -0.3 is 10.2 Å². The molecule has 194 valence electrons. The summed E-state index contributed by atoms with van der Waals surface area (Å²) in [5, 5.41) is 9.85. The first kappa shape index (κ1) is 24.1. The molecule has 0 saturated carbocycles. The second-order valence-corrected chi connectivity index (χ2v) is 10.1. The van der Waals surface area contributed by atoms with Gasteiger partial charge in [0.1, 0.15) is 12.1 Å². The summed E-state index contributed by atoms with van der Waals surface area (Å²) >= 11 is 0. The number of halogens is 2. The molecule has 3 aromatic heterocycles. The minimum Gasteiger partial charge on any atom is -0.356 e. The number of anilines is 3. The molecule has 1 aliphatic rings. The van der Waals surface area contributed by atoms with Crippen molar-refractivity contribution in [3.63, 3.8) is 0 Å². The predicted molar refractivity (Wildman–Crippen MR) is 145 cm³/mol. The van der Waals surface area contributed by atoms with Crippen molar-refractivity contribution in [1.29, 1.82) is 0 Å². The summed E-state index contributed by atoms with van der Waals surface area (Å²) in [7, 11) is 1.98. The van der Waals surface area contributed by atoms with Gasteiger partial charge >= 0.3 is 0 Å². The molecule has 4 heterocycles. The molecule has 1 N–H and O–H groups in total. The van der Waals surface area contributed by atoms with Crippen LogP contribution in [0.5, 0.6) is 0 Å². The number of nitrogens with one attached hydrogen (secondary N) is 1. The average Bonchev–Trinajstić information content (AvgIpc) is 3.23. The van der Waals surface area contributed by atoms with E-state index in [0.717, 1.165) is 38.8 Å². The molecule has 38 heavy (non-hydrogen) atoms. The molecule has 5 aromatic rings. The Hall–Kier alpha value is -4.21. The van der Waals surface area contributed by atoms with Crippen molar-refractivity contribution in [3.8, 4) is 11.3 Å². The molecule has 0 atom stereocenters. The summed E-state index contributed by atoms with van der Waals surface area (Å²) in [6.45, 7) is 4.86. The Bertz CT molecular complexity index is 1640. The quantitative estimate of drug-likeness (QED) is 0.304. The third kappa shape index (κ3) is 4.51. The molecule has 0 spiro atoms. The van der Waals surface area contributed by atoms with Gasteiger partial charge in [0.15, 0.2) is 0 Å². The van der Waals surface area contributed by atoms with E-state index in [0.29, 0.717) is 17.7 Å². The molecule has 10 heteroatoms. The van der Waals surface area contributed by atoms with Crippen molar-refractivity contribution in [3.05, 3.63) is 60.7 Å². The lowest BCUT2D eigenvalue weighted by Gasteiger charge is -2.33. The molecule has 0 unspecified atom stereocenters. The van der Waals surface area contributed by atoms with Crippen LogP contribution in [-0.4, -0.2) is 48.7 Å². The van der Waals surface area contributed by atoms with Crippen LogP contribution in [0, 0.1) is 0 Å². The Kier molecular flexibility index (Phi) is 5.89. The fraction of sp³-hybridized carbons (Fsp3) is 0.321. The van der Waals surface area contributed by atoms with Crippen LogP contribution in [0.3, 0.4) is 0 Å². The number of rotatable bonds is 5. The number of hydrogen-bond acceptors (Lipinski definition) is 7. The number of aryl methyl sites for hydroxylation is 1. The number of hydrogen-bond donors (Lipinski definition) is 1. The third-order valence-electron chi connectivity index (χ3n) is 7.04. The predicted octanol–water partition coefficient (Wildman–Crippen LogP) is 6.08. The normalized spacial score (nSPS) is 15.5. The zero-order chi connectivity index (χ0) is 26.4. The van der Waals surface area contributed by atoms with Gasteiger partial charge in [-0.1, -0.05) is 19.9 Å². The minimum atomic E-state index is -2.61. The first-order valence-electron chi connectivity index (χ1n) is 12.7. The van der Waals surface area contributed by atoms with Crippen molar-refractivity contribution in [2.75, 3.05) is 23.3 Å². The number of aromatic nitrogens is 6. The van der Waals surface area contributed by atoms with Crippen molar-refractivity contribution in [2.45, 2.75) is 38.5 Å². The molecule has 2 aromatic carbocycles. The number of benzene rings is 2. The maximum atomic E-state index is 13.6. The van der Waals surface area contributed by atoms with Crippen LogP contribution in [0.15, 0.2) is 55.0 Å². The van der Waals surface area contributed by atoms with Crippen molar-refractivity contribution >= 4 is 39.3 Å². The van der Waals surface area contributed by atoms with E-state index < -0.39 is 5.92 Å². The Morgan fingerprint density at radius 2 is 1.74 bits per heavy atom. The monoisotopic (exact) mass is 514 g/mol. The van der Waals surface area contributed by atoms with Crippen LogP contribution in [0.25, 0.3) is 33.1 Å². The number of nitrogens with zero attached hydrogens (tertiary/aromatic N) is 7. The van der Waals surface area contributed by atoms with Gasteiger partial charge in [0, 0.05) is 66.9 Å². The van der Waals surface area contributed by atoms with Gasteiger partial charge in [0.05, 0.1) is 16.7 Å². The van der Waals surface area contributed by atoms with Crippen molar-refractivity contribution in [1.82, 2.24) is 29.7 Å². The first-order valence-corrected chi connectivity index (χ1v) is 12.7.